The molecule has 0 amide bonds. The first-order valence-corrected chi connectivity index (χ1v) is 5.51. The molecule has 0 radical (unpaired) electrons. The summed E-state index contributed by atoms with van der Waals surface area (Å²) in [5.41, 5.74) is 1.71. The van der Waals surface area contributed by atoms with Gasteiger partial charge in [0.1, 0.15) is 5.82 Å². The van der Waals surface area contributed by atoms with Crippen LogP contribution in [0.1, 0.15) is 12.6 Å². The van der Waals surface area contributed by atoms with Crippen molar-refractivity contribution in [1.82, 2.24) is 9.97 Å². The van der Waals surface area contributed by atoms with Gasteiger partial charge in [-0.05, 0) is 18.6 Å². The topological polar surface area (TPSA) is 75.2 Å². The Hall–Kier alpha value is -2.52. The molecule has 90 valence electrons. The van der Waals surface area contributed by atoms with Crippen molar-refractivity contribution in [2.75, 3.05) is 0 Å². The predicted molar refractivity (Wildman–Crippen MR) is 67.5 cm³/mol. The van der Waals surface area contributed by atoms with Gasteiger partial charge < -0.3 is 4.98 Å². The van der Waals surface area contributed by atoms with E-state index < -0.39 is 0 Å². The zero-order valence-electron chi connectivity index (χ0n) is 9.80. The lowest BCUT2D eigenvalue weighted by Gasteiger charge is -2.03. The van der Waals surface area contributed by atoms with Gasteiger partial charge >= 0.3 is 0 Å². The Balaban J connectivity index is 2.54. The van der Waals surface area contributed by atoms with E-state index in [1.807, 2.05) is 6.92 Å². The van der Waals surface area contributed by atoms with Crippen LogP contribution in [0, 0.1) is 0 Å². The SMILES string of the molecule is CCc1cc(=O)[nH]c(-c2cccc(N=C=O)c2)n1. The van der Waals surface area contributed by atoms with E-state index in [9.17, 15) is 9.59 Å². The smallest absolute Gasteiger partial charge is 0.251 e. The number of aliphatic imine (C=N–C) groups is 1. The molecule has 0 unspecified atom stereocenters. The zero-order valence-corrected chi connectivity index (χ0v) is 9.80. The summed E-state index contributed by atoms with van der Waals surface area (Å²) >= 11 is 0. The van der Waals surface area contributed by atoms with E-state index in [1.165, 1.54) is 12.1 Å². The van der Waals surface area contributed by atoms with Crippen LogP contribution in [0.25, 0.3) is 11.4 Å². The average molecular weight is 241 g/mol. The van der Waals surface area contributed by atoms with Gasteiger partial charge in [0.25, 0.3) is 5.56 Å². The van der Waals surface area contributed by atoms with Gasteiger partial charge in [-0.1, -0.05) is 19.1 Å². The minimum Gasteiger partial charge on any atom is -0.307 e. The van der Waals surface area contributed by atoms with Gasteiger partial charge in [0, 0.05) is 17.3 Å². The summed E-state index contributed by atoms with van der Waals surface area (Å²) in [6.07, 6.45) is 2.16. The Morgan fingerprint density at radius 2 is 2.22 bits per heavy atom. The van der Waals surface area contributed by atoms with Crippen molar-refractivity contribution in [3.05, 3.63) is 46.4 Å². The third-order valence-corrected chi connectivity index (χ3v) is 2.45. The number of isocyanates is 1. The van der Waals surface area contributed by atoms with Crippen molar-refractivity contribution in [3.63, 3.8) is 0 Å². The molecule has 18 heavy (non-hydrogen) atoms. The number of aromatic nitrogens is 2. The maximum atomic E-state index is 11.5. The van der Waals surface area contributed by atoms with Crippen LogP contribution in [0.3, 0.4) is 0 Å². The van der Waals surface area contributed by atoms with Crippen molar-refractivity contribution >= 4 is 11.8 Å². The second-order valence-corrected chi connectivity index (χ2v) is 3.69. The summed E-state index contributed by atoms with van der Waals surface area (Å²) < 4.78 is 0. The fourth-order valence-corrected chi connectivity index (χ4v) is 1.60. The van der Waals surface area contributed by atoms with Crippen molar-refractivity contribution in [3.8, 4) is 11.4 Å². The van der Waals surface area contributed by atoms with E-state index >= 15 is 0 Å². The summed E-state index contributed by atoms with van der Waals surface area (Å²) in [4.78, 5) is 32.2. The molecule has 1 heterocycles. The molecule has 0 saturated carbocycles. The number of H-pyrrole nitrogens is 1. The van der Waals surface area contributed by atoms with Gasteiger partial charge in [-0.15, -0.1) is 0 Å². The van der Waals surface area contributed by atoms with Gasteiger partial charge in [-0.25, -0.2) is 9.78 Å². The number of nitrogens with zero attached hydrogens (tertiary/aromatic N) is 2. The highest BCUT2D eigenvalue weighted by molar-refractivity contribution is 5.62. The minimum absolute atomic E-state index is 0.193. The highest BCUT2D eigenvalue weighted by atomic mass is 16.1. The molecule has 0 aliphatic heterocycles. The van der Waals surface area contributed by atoms with Crippen LogP contribution >= 0.6 is 0 Å². The first-order valence-electron chi connectivity index (χ1n) is 5.51. The van der Waals surface area contributed by atoms with E-state index in [2.05, 4.69) is 15.0 Å². The molecule has 0 spiro atoms. The number of hydrogen-bond donors (Lipinski definition) is 1. The molecule has 2 rings (SSSR count). The third-order valence-electron chi connectivity index (χ3n) is 2.45. The zero-order chi connectivity index (χ0) is 13.0. The fourth-order valence-electron chi connectivity index (χ4n) is 1.60. The molecule has 2 aromatic rings. The first-order chi connectivity index (χ1) is 8.72. The lowest BCUT2D eigenvalue weighted by atomic mass is 10.2. The van der Waals surface area contributed by atoms with Gasteiger partial charge in [0.2, 0.25) is 6.08 Å². The van der Waals surface area contributed by atoms with Crippen LogP contribution < -0.4 is 5.56 Å². The number of rotatable bonds is 3. The van der Waals surface area contributed by atoms with Crippen molar-refractivity contribution < 1.29 is 4.79 Å². The van der Waals surface area contributed by atoms with E-state index in [-0.39, 0.29) is 5.56 Å². The normalized spacial score (nSPS) is 9.83. The molecule has 1 aromatic heterocycles. The van der Waals surface area contributed by atoms with E-state index in [4.69, 9.17) is 0 Å². The molecule has 0 bridgehead atoms. The van der Waals surface area contributed by atoms with E-state index in [0.717, 1.165) is 5.69 Å². The molecule has 1 aromatic carbocycles. The molecular weight excluding hydrogens is 230 g/mol. The Kier molecular flexibility index (Phi) is 3.46. The summed E-state index contributed by atoms with van der Waals surface area (Å²) in [5, 5.41) is 0. The van der Waals surface area contributed by atoms with Crippen molar-refractivity contribution in [1.29, 1.82) is 0 Å². The largest absolute Gasteiger partial charge is 0.307 e. The summed E-state index contributed by atoms with van der Waals surface area (Å²) in [6, 6.07) is 8.35. The Labute approximate surface area is 103 Å². The lowest BCUT2D eigenvalue weighted by Crippen LogP contribution is -2.09. The monoisotopic (exact) mass is 241 g/mol. The molecular formula is C13H11N3O2. The predicted octanol–water partition coefficient (Wildman–Crippen LogP) is 1.97. The molecule has 0 aliphatic rings. The number of benzene rings is 1. The van der Waals surface area contributed by atoms with Gasteiger partial charge in [-0.3, -0.25) is 4.79 Å². The lowest BCUT2D eigenvalue weighted by molar-refractivity contribution is 0.565. The maximum absolute atomic E-state index is 11.5. The van der Waals surface area contributed by atoms with Crippen LogP contribution in [0.15, 0.2) is 40.1 Å². The quantitative estimate of drug-likeness (QED) is 0.659. The summed E-state index contributed by atoms with van der Waals surface area (Å²) in [7, 11) is 0. The number of hydrogen-bond acceptors (Lipinski definition) is 4. The van der Waals surface area contributed by atoms with Gasteiger partial charge in [0.15, 0.2) is 0 Å². The van der Waals surface area contributed by atoms with E-state index in [1.54, 1.807) is 24.3 Å². The van der Waals surface area contributed by atoms with Crippen LogP contribution in [-0.2, 0) is 11.2 Å². The highest BCUT2D eigenvalue weighted by Gasteiger charge is 2.03. The van der Waals surface area contributed by atoms with Crippen LogP contribution in [-0.4, -0.2) is 16.0 Å². The van der Waals surface area contributed by atoms with Crippen molar-refractivity contribution in [2.45, 2.75) is 13.3 Å². The van der Waals surface area contributed by atoms with Crippen LogP contribution in [0.4, 0.5) is 5.69 Å². The number of carbonyl (C=O) groups excluding carboxylic acids is 1. The number of nitrogens with one attached hydrogen (secondary N) is 1. The molecule has 5 nitrogen and oxygen atoms in total. The Morgan fingerprint density at radius 3 is 2.94 bits per heavy atom. The first kappa shape index (κ1) is 12.0. The van der Waals surface area contributed by atoms with Crippen molar-refractivity contribution in [2.24, 2.45) is 4.99 Å². The standard InChI is InChI=1S/C13H11N3O2/c1-2-10-7-12(18)16-13(15-10)9-4-3-5-11(6-9)14-8-17/h3-7H,2H2,1H3,(H,15,16,18). The van der Waals surface area contributed by atoms with Gasteiger partial charge in [0.05, 0.1) is 5.69 Å². The Morgan fingerprint density at radius 1 is 1.39 bits per heavy atom. The third kappa shape index (κ3) is 2.59. The molecule has 0 fully saturated rings. The van der Waals surface area contributed by atoms with Gasteiger partial charge in [-0.2, -0.15) is 4.99 Å². The molecule has 1 N–H and O–H groups in total. The molecule has 5 heteroatoms. The van der Waals surface area contributed by atoms with E-state index in [0.29, 0.717) is 23.5 Å². The maximum Gasteiger partial charge on any atom is 0.251 e. The Bertz CT molecular complexity index is 670. The number of aromatic amines is 1. The molecule has 0 atom stereocenters. The fraction of sp³-hybridized carbons (Fsp3) is 0.154. The molecule has 0 aliphatic carbocycles. The molecule has 0 saturated heterocycles. The second-order valence-electron chi connectivity index (χ2n) is 3.69. The average Bonchev–Trinajstić information content (AvgIpc) is 2.39. The van der Waals surface area contributed by atoms with Crippen LogP contribution in [0.5, 0.6) is 0 Å². The van der Waals surface area contributed by atoms with Crippen LogP contribution in [0.2, 0.25) is 0 Å². The number of aryl methyl sites for hydroxylation is 1. The highest BCUT2D eigenvalue weighted by Crippen LogP contribution is 2.20. The minimum atomic E-state index is -0.193. The summed E-state index contributed by atoms with van der Waals surface area (Å²) in [5.74, 6) is 0.474. The summed E-state index contributed by atoms with van der Waals surface area (Å²) in [6.45, 7) is 1.93. The second kappa shape index (κ2) is 5.21.